The maximum Gasteiger partial charge on any atom is 0.150 e. The van der Waals surface area contributed by atoms with E-state index in [1.807, 2.05) is 0 Å². The Morgan fingerprint density at radius 2 is 2.00 bits per heavy atom. The second-order valence-corrected chi connectivity index (χ2v) is 8.49. The van der Waals surface area contributed by atoms with Gasteiger partial charge in [-0.05, 0) is 37.5 Å². The first-order valence-corrected chi connectivity index (χ1v) is 9.24. The quantitative estimate of drug-likeness (QED) is 0.896. The molecule has 3 heterocycles. The van der Waals surface area contributed by atoms with Gasteiger partial charge in [0.25, 0.3) is 0 Å². The van der Waals surface area contributed by atoms with Gasteiger partial charge < -0.3 is 9.67 Å². The van der Waals surface area contributed by atoms with Gasteiger partial charge in [-0.1, -0.05) is 0 Å². The molecular formula is C14H22N2O3S. The van der Waals surface area contributed by atoms with Gasteiger partial charge in [-0.25, -0.2) is 13.4 Å². The van der Waals surface area contributed by atoms with Crippen molar-refractivity contribution in [1.82, 2.24) is 9.55 Å². The molecule has 1 aromatic heterocycles. The molecule has 0 radical (unpaired) electrons. The monoisotopic (exact) mass is 298 g/mol. The molecule has 1 N–H and O–H groups in total. The van der Waals surface area contributed by atoms with Crippen LogP contribution in [0.5, 0.6) is 0 Å². The number of aliphatic hydroxyl groups excluding tert-OH is 1. The lowest BCUT2D eigenvalue weighted by atomic mass is 9.97. The highest BCUT2D eigenvalue weighted by molar-refractivity contribution is 7.91. The second-order valence-electron chi connectivity index (χ2n) is 6.18. The van der Waals surface area contributed by atoms with Gasteiger partial charge in [-0.15, -0.1) is 0 Å². The minimum absolute atomic E-state index is 0.239. The van der Waals surface area contributed by atoms with Crippen LogP contribution in [0.2, 0.25) is 0 Å². The maximum absolute atomic E-state index is 11.4. The number of aliphatic hydroxyl groups is 1. The van der Waals surface area contributed by atoms with Crippen molar-refractivity contribution in [2.75, 3.05) is 18.1 Å². The minimum Gasteiger partial charge on any atom is -0.396 e. The topological polar surface area (TPSA) is 72.2 Å². The number of hydrogen-bond donors (Lipinski definition) is 1. The Balaban J connectivity index is 1.63. The lowest BCUT2D eigenvalue weighted by Crippen LogP contribution is -2.24. The Hall–Kier alpha value is -0.880. The zero-order valence-electron chi connectivity index (χ0n) is 11.7. The molecule has 1 aromatic rings. The number of nitrogens with zero attached hydrogens (tertiary/aromatic N) is 2. The summed E-state index contributed by atoms with van der Waals surface area (Å²) in [6.45, 7) is 1.18. The molecule has 112 valence electrons. The molecule has 5 nitrogen and oxygen atoms in total. The number of sulfone groups is 1. The van der Waals surface area contributed by atoms with Crippen LogP contribution in [0, 0.1) is 11.8 Å². The third-order valence-electron chi connectivity index (χ3n) is 4.59. The van der Waals surface area contributed by atoms with Crippen LogP contribution in [0.3, 0.4) is 0 Å². The van der Waals surface area contributed by atoms with Crippen LogP contribution < -0.4 is 0 Å². The number of aryl methyl sites for hydroxylation is 1. The van der Waals surface area contributed by atoms with Crippen LogP contribution in [0.25, 0.3) is 0 Å². The molecular weight excluding hydrogens is 276 g/mol. The SMILES string of the molecule is O=S1(=O)CCC(Cc2cn3c(n2)CC(CO)CC3)CC1. The van der Waals surface area contributed by atoms with Gasteiger partial charge in [0.1, 0.15) is 15.7 Å². The molecule has 0 saturated carbocycles. The standard InChI is InChI=1S/C14H22N2O3S/c17-10-12-1-4-16-9-13(15-14(16)8-12)7-11-2-5-20(18,19)6-3-11/h9,11-12,17H,1-8,10H2. The fourth-order valence-corrected chi connectivity index (χ4v) is 4.83. The summed E-state index contributed by atoms with van der Waals surface area (Å²) in [7, 11) is -2.77. The van der Waals surface area contributed by atoms with Crippen molar-refractivity contribution in [2.24, 2.45) is 11.8 Å². The zero-order chi connectivity index (χ0) is 14.2. The van der Waals surface area contributed by atoms with Gasteiger partial charge in [0, 0.05) is 25.8 Å². The summed E-state index contributed by atoms with van der Waals surface area (Å²) in [5, 5.41) is 9.24. The summed E-state index contributed by atoms with van der Waals surface area (Å²) in [6.07, 6.45) is 6.41. The first kappa shape index (κ1) is 14.1. The van der Waals surface area contributed by atoms with Gasteiger partial charge in [-0.3, -0.25) is 0 Å². The van der Waals surface area contributed by atoms with Crippen LogP contribution in [-0.2, 0) is 29.2 Å². The van der Waals surface area contributed by atoms with Crippen LogP contribution in [0.4, 0.5) is 0 Å². The Labute approximate surface area is 119 Å². The predicted molar refractivity (Wildman–Crippen MR) is 76.2 cm³/mol. The smallest absolute Gasteiger partial charge is 0.150 e. The van der Waals surface area contributed by atoms with Gasteiger partial charge >= 0.3 is 0 Å². The van der Waals surface area contributed by atoms with Crippen LogP contribution >= 0.6 is 0 Å². The third kappa shape index (κ3) is 3.06. The fourth-order valence-electron chi connectivity index (χ4n) is 3.24. The van der Waals surface area contributed by atoms with E-state index < -0.39 is 9.84 Å². The number of aromatic nitrogens is 2. The summed E-state index contributed by atoms with van der Waals surface area (Å²) in [6, 6.07) is 0. The molecule has 0 spiro atoms. The van der Waals surface area contributed by atoms with Crippen molar-refractivity contribution in [2.45, 2.75) is 38.6 Å². The molecule has 2 aliphatic rings. The summed E-state index contributed by atoms with van der Waals surface area (Å²) in [5.41, 5.74) is 1.09. The highest BCUT2D eigenvalue weighted by Crippen LogP contribution is 2.25. The molecule has 0 aromatic carbocycles. The van der Waals surface area contributed by atoms with Crippen molar-refractivity contribution in [3.05, 3.63) is 17.7 Å². The van der Waals surface area contributed by atoms with E-state index in [1.54, 1.807) is 0 Å². The zero-order valence-corrected chi connectivity index (χ0v) is 12.5. The van der Waals surface area contributed by atoms with Gasteiger partial charge in [0.05, 0.1) is 17.2 Å². The Bertz CT molecular complexity index is 565. The van der Waals surface area contributed by atoms with Crippen molar-refractivity contribution in [3.63, 3.8) is 0 Å². The molecule has 20 heavy (non-hydrogen) atoms. The fraction of sp³-hybridized carbons (Fsp3) is 0.786. The van der Waals surface area contributed by atoms with Crippen molar-refractivity contribution >= 4 is 9.84 Å². The van der Waals surface area contributed by atoms with E-state index >= 15 is 0 Å². The van der Waals surface area contributed by atoms with E-state index in [0.717, 1.165) is 50.2 Å². The van der Waals surface area contributed by atoms with Gasteiger partial charge in [0.2, 0.25) is 0 Å². The highest BCUT2D eigenvalue weighted by atomic mass is 32.2. The summed E-state index contributed by atoms with van der Waals surface area (Å²) < 4.78 is 25.1. The minimum atomic E-state index is -2.77. The van der Waals surface area contributed by atoms with Crippen molar-refractivity contribution < 1.29 is 13.5 Å². The van der Waals surface area contributed by atoms with Gasteiger partial charge in [0.15, 0.2) is 0 Å². The lowest BCUT2D eigenvalue weighted by Gasteiger charge is -2.20. The molecule has 0 amide bonds. The van der Waals surface area contributed by atoms with E-state index in [-0.39, 0.29) is 6.61 Å². The van der Waals surface area contributed by atoms with E-state index in [4.69, 9.17) is 0 Å². The number of imidazole rings is 1. The number of hydrogen-bond acceptors (Lipinski definition) is 4. The summed E-state index contributed by atoms with van der Waals surface area (Å²) in [5.74, 6) is 2.53. The van der Waals surface area contributed by atoms with Crippen molar-refractivity contribution in [1.29, 1.82) is 0 Å². The molecule has 1 unspecified atom stereocenters. The Morgan fingerprint density at radius 1 is 1.25 bits per heavy atom. The van der Waals surface area contributed by atoms with E-state index in [0.29, 0.717) is 23.3 Å². The molecule has 2 aliphatic heterocycles. The molecule has 3 rings (SSSR count). The van der Waals surface area contributed by atoms with Crippen molar-refractivity contribution in [3.8, 4) is 0 Å². The Kier molecular flexibility index (Phi) is 3.86. The molecule has 1 fully saturated rings. The van der Waals surface area contributed by atoms with E-state index in [1.165, 1.54) is 0 Å². The molecule has 0 bridgehead atoms. The Morgan fingerprint density at radius 3 is 2.70 bits per heavy atom. The summed E-state index contributed by atoms with van der Waals surface area (Å²) >= 11 is 0. The van der Waals surface area contributed by atoms with E-state index in [2.05, 4.69) is 15.7 Å². The number of fused-ring (bicyclic) bond motifs is 1. The largest absolute Gasteiger partial charge is 0.396 e. The summed E-state index contributed by atoms with van der Waals surface area (Å²) in [4.78, 5) is 4.68. The molecule has 1 saturated heterocycles. The van der Waals surface area contributed by atoms with Crippen LogP contribution in [0.15, 0.2) is 6.20 Å². The third-order valence-corrected chi connectivity index (χ3v) is 6.30. The second kappa shape index (κ2) is 5.48. The van der Waals surface area contributed by atoms with E-state index in [9.17, 15) is 13.5 Å². The van der Waals surface area contributed by atoms with Crippen LogP contribution in [-0.4, -0.2) is 41.2 Å². The first-order chi connectivity index (χ1) is 9.55. The molecule has 1 atom stereocenters. The normalized spacial score (nSPS) is 26.4. The predicted octanol–water partition coefficient (Wildman–Crippen LogP) is 0.805. The highest BCUT2D eigenvalue weighted by Gasteiger charge is 2.25. The van der Waals surface area contributed by atoms with Gasteiger partial charge in [-0.2, -0.15) is 0 Å². The number of rotatable bonds is 3. The maximum atomic E-state index is 11.4. The van der Waals surface area contributed by atoms with Crippen LogP contribution in [0.1, 0.15) is 30.8 Å². The average molecular weight is 298 g/mol. The average Bonchev–Trinajstić information content (AvgIpc) is 2.82. The first-order valence-electron chi connectivity index (χ1n) is 7.42. The molecule has 6 heteroatoms. The lowest BCUT2D eigenvalue weighted by molar-refractivity contribution is 0.199. The molecule has 0 aliphatic carbocycles.